The number of hydrogen-bond acceptors (Lipinski definition) is 1. The first-order valence-electron chi connectivity index (χ1n) is 5.49. The van der Waals surface area contributed by atoms with Gasteiger partial charge in [-0.1, -0.05) is 36.7 Å². The molecule has 0 N–H and O–H groups in total. The molecule has 0 aliphatic heterocycles. The van der Waals surface area contributed by atoms with Gasteiger partial charge in [0.2, 0.25) is 0 Å². The summed E-state index contributed by atoms with van der Waals surface area (Å²) < 4.78 is 0. The molecular formula is C14H13Cl2N. The SMILES string of the molecule is CC(c1ccccn1)C(Cl)c1cccc(Cl)c1. The van der Waals surface area contributed by atoms with Gasteiger partial charge in [-0.05, 0) is 29.8 Å². The van der Waals surface area contributed by atoms with E-state index in [4.69, 9.17) is 23.2 Å². The maximum Gasteiger partial charge on any atom is 0.0666 e. The van der Waals surface area contributed by atoms with Crippen molar-refractivity contribution in [3.63, 3.8) is 0 Å². The van der Waals surface area contributed by atoms with Crippen molar-refractivity contribution < 1.29 is 0 Å². The van der Waals surface area contributed by atoms with Gasteiger partial charge in [0.1, 0.15) is 0 Å². The average molecular weight is 266 g/mol. The van der Waals surface area contributed by atoms with E-state index in [1.54, 1.807) is 6.20 Å². The fourth-order valence-corrected chi connectivity index (χ4v) is 2.23. The van der Waals surface area contributed by atoms with Crippen LogP contribution in [0.15, 0.2) is 48.7 Å². The summed E-state index contributed by atoms with van der Waals surface area (Å²) in [6.07, 6.45) is 1.79. The Morgan fingerprint density at radius 2 is 1.94 bits per heavy atom. The van der Waals surface area contributed by atoms with Crippen LogP contribution in [0.25, 0.3) is 0 Å². The molecule has 1 aromatic carbocycles. The Morgan fingerprint density at radius 3 is 2.59 bits per heavy atom. The van der Waals surface area contributed by atoms with E-state index in [1.807, 2.05) is 42.5 Å². The van der Waals surface area contributed by atoms with Gasteiger partial charge in [0.25, 0.3) is 0 Å². The third kappa shape index (κ3) is 2.99. The maximum absolute atomic E-state index is 6.46. The molecule has 2 atom stereocenters. The lowest BCUT2D eigenvalue weighted by atomic mass is 9.97. The van der Waals surface area contributed by atoms with Gasteiger partial charge in [0, 0.05) is 22.8 Å². The predicted molar refractivity (Wildman–Crippen MR) is 72.7 cm³/mol. The van der Waals surface area contributed by atoms with Crippen molar-refractivity contribution in [2.45, 2.75) is 18.2 Å². The first kappa shape index (κ1) is 12.4. The van der Waals surface area contributed by atoms with Crippen molar-refractivity contribution in [3.8, 4) is 0 Å². The highest BCUT2D eigenvalue weighted by molar-refractivity contribution is 6.30. The van der Waals surface area contributed by atoms with Crippen LogP contribution in [0.1, 0.15) is 29.5 Å². The molecular weight excluding hydrogens is 253 g/mol. The lowest BCUT2D eigenvalue weighted by Gasteiger charge is -2.18. The van der Waals surface area contributed by atoms with Gasteiger partial charge in [-0.25, -0.2) is 0 Å². The molecule has 2 rings (SSSR count). The number of halogens is 2. The lowest BCUT2D eigenvalue weighted by Crippen LogP contribution is -2.04. The highest BCUT2D eigenvalue weighted by atomic mass is 35.5. The van der Waals surface area contributed by atoms with Crippen molar-refractivity contribution in [3.05, 3.63) is 64.9 Å². The van der Waals surface area contributed by atoms with Gasteiger partial charge >= 0.3 is 0 Å². The van der Waals surface area contributed by atoms with Crippen LogP contribution in [0.2, 0.25) is 5.02 Å². The number of hydrogen-bond donors (Lipinski definition) is 0. The van der Waals surface area contributed by atoms with Gasteiger partial charge in [-0.3, -0.25) is 4.98 Å². The first-order valence-corrected chi connectivity index (χ1v) is 6.30. The van der Waals surface area contributed by atoms with E-state index in [-0.39, 0.29) is 11.3 Å². The van der Waals surface area contributed by atoms with E-state index in [1.165, 1.54) is 0 Å². The number of nitrogens with zero attached hydrogens (tertiary/aromatic N) is 1. The van der Waals surface area contributed by atoms with E-state index < -0.39 is 0 Å². The van der Waals surface area contributed by atoms with Crippen LogP contribution in [0.3, 0.4) is 0 Å². The second-order valence-corrected chi connectivity index (χ2v) is 4.91. The van der Waals surface area contributed by atoms with Crippen LogP contribution in [0.5, 0.6) is 0 Å². The summed E-state index contributed by atoms with van der Waals surface area (Å²) in [6, 6.07) is 13.5. The monoisotopic (exact) mass is 265 g/mol. The van der Waals surface area contributed by atoms with Crippen molar-refractivity contribution in [1.82, 2.24) is 4.98 Å². The summed E-state index contributed by atoms with van der Waals surface area (Å²) in [6.45, 7) is 2.07. The van der Waals surface area contributed by atoms with Gasteiger partial charge in [0.15, 0.2) is 0 Å². The first-order chi connectivity index (χ1) is 8.18. The maximum atomic E-state index is 6.46. The molecule has 1 heterocycles. The van der Waals surface area contributed by atoms with E-state index in [2.05, 4.69) is 11.9 Å². The van der Waals surface area contributed by atoms with Crippen molar-refractivity contribution in [2.75, 3.05) is 0 Å². The fraction of sp³-hybridized carbons (Fsp3) is 0.214. The molecule has 0 saturated heterocycles. The number of rotatable bonds is 3. The number of pyridine rings is 1. The van der Waals surface area contributed by atoms with Gasteiger partial charge in [0.05, 0.1) is 5.38 Å². The number of benzene rings is 1. The van der Waals surface area contributed by atoms with Crippen molar-refractivity contribution in [2.24, 2.45) is 0 Å². The third-order valence-electron chi connectivity index (χ3n) is 2.76. The minimum Gasteiger partial charge on any atom is -0.261 e. The summed E-state index contributed by atoms with van der Waals surface area (Å²) in [4.78, 5) is 4.33. The van der Waals surface area contributed by atoms with Gasteiger partial charge in [-0.2, -0.15) is 0 Å². The highest BCUT2D eigenvalue weighted by Gasteiger charge is 2.19. The molecule has 1 nitrogen and oxygen atoms in total. The van der Waals surface area contributed by atoms with Crippen LogP contribution in [-0.2, 0) is 0 Å². The predicted octanol–water partition coefficient (Wildman–Crippen LogP) is 4.82. The Bertz CT molecular complexity index is 485. The smallest absolute Gasteiger partial charge is 0.0666 e. The Balaban J connectivity index is 2.23. The number of alkyl halides is 1. The average Bonchev–Trinajstić information content (AvgIpc) is 2.38. The standard InChI is InChI=1S/C14H13Cl2N/c1-10(13-7-2-3-8-17-13)14(16)11-5-4-6-12(15)9-11/h2-10,14H,1H3. The quantitative estimate of drug-likeness (QED) is 0.726. The second-order valence-electron chi connectivity index (χ2n) is 4.00. The molecule has 0 amide bonds. The van der Waals surface area contributed by atoms with Crippen LogP contribution >= 0.6 is 23.2 Å². The molecule has 2 unspecified atom stereocenters. The van der Waals surface area contributed by atoms with E-state index in [0.717, 1.165) is 11.3 Å². The Kier molecular flexibility index (Phi) is 4.03. The molecule has 0 spiro atoms. The zero-order chi connectivity index (χ0) is 12.3. The topological polar surface area (TPSA) is 12.9 Å². The highest BCUT2D eigenvalue weighted by Crippen LogP contribution is 2.35. The molecule has 3 heteroatoms. The largest absolute Gasteiger partial charge is 0.261 e. The van der Waals surface area contributed by atoms with E-state index in [9.17, 15) is 0 Å². The molecule has 0 radical (unpaired) electrons. The lowest BCUT2D eigenvalue weighted by molar-refractivity contribution is 0.706. The minimum atomic E-state index is -0.122. The second kappa shape index (κ2) is 5.52. The summed E-state index contributed by atoms with van der Waals surface area (Å²) in [5.41, 5.74) is 2.02. The molecule has 0 aliphatic rings. The fourth-order valence-electron chi connectivity index (χ4n) is 1.76. The van der Waals surface area contributed by atoms with Crippen LogP contribution in [0, 0.1) is 0 Å². The third-order valence-corrected chi connectivity index (χ3v) is 3.63. The summed E-state index contributed by atoms with van der Waals surface area (Å²) in [7, 11) is 0. The van der Waals surface area contributed by atoms with Gasteiger partial charge < -0.3 is 0 Å². The van der Waals surface area contributed by atoms with Crippen molar-refractivity contribution >= 4 is 23.2 Å². The molecule has 1 aromatic heterocycles. The van der Waals surface area contributed by atoms with Crippen LogP contribution < -0.4 is 0 Å². The Labute approximate surface area is 111 Å². The minimum absolute atomic E-state index is 0.122. The van der Waals surface area contributed by atoms with Crippen molar-refractivity contribution in [1.29, 1.82) is 0 Å². The molecule has 0 bridgehead atoms. The van der Waals surface area contributed by atoms with Crippen LogP contribution in [-0.4, -0.2) is 4.98 Å². The zero-order valence-corrected chi connectivity index (χ0v) is 11.0. The van der Waals surface area contributed by atoms with Gasteiger partial charge in [-0.15, -0.1) is 11.6 Å². The molecule has 0 fully saturated rings. The zero-order valence-electron chi connectivity index (χ0n) is 9.48. The molecule has 2 aromatic rings. The molecule has 17 heavy (non-hydrogen) atoms. The van der Waals surface area contributed by atoms with E-state index in [0.29, 0.717) is 5.02 Å². The Morgan fingerprint density at radius 1 is 1.12 bits per heavy atom. The summed E-state index contributed by atoms with van der Waals surface area (Å²) in [5, 5.41) is 0.588. The normalized spacial score (nSPS) is 14.3. The molecule has 0 aliphatic carbocycles. The van der Waals surface area contributed by atoms with Crippen LogP contribution in [0.4, 0.5) is 0 Å². The Hall–Kier alpha value is -1.05. The molecule has 0 saturated carbocycles. The summed E-state index contributed by atoms with van der Waals surface area (Å²) in [5.74, 6) is 0.149. The number of aromatic nitrogens is 1. The van der Waals surface area contributed by atoms with E-state index >= 15 is 0 Å². The summed E-state index contributed by atoms with van der Waals surface area (Å²) >= 11 is 12.4. The molecule has 88 valence electrons.